The second kappa shape index (κ2) is 7.61. The summed E-state index contributed by atoms with van der Waals surface area (Å²) in [5.74, 6) is 0.315. The van der Waals surface area contributed by atoms with Gasteiger partial charge in [-0.05, 0) is 30.3 Å². The van der Waals surface area contributed by atoms with Gasteiger partial charge in [0.15, 0.2) is 0 Å². The average Bonchev–Trinajstić information content (AvgIpc) is 3.05. The molecular weight excluding hydrogens is 348 g/mol. The molecule has 3 aromatic rings. The molecule has 2 N–H and O–H groups in total. The minimum atomic E-state index is -0.382. The molecule has 2 aromatic heterocycles. The fourth-order valence-corrected chi connectivity index (χ4v) is 3.00. The Morgan fingerprint density at radius 2 is 1.81 bits per heavy atom. The topological polar surface area (TPSA) is 80.0 Å². The van der Waals surface area contributed by atoms with Crippen LogP contribution in [0.15, 0.2) is 69.2 Å². The molecule has 7 heteroatoms. The lowest BCUT2D eigenvalue weighted by atomic mass is 9.92. The molecule has 0 radical (unpaired) electrons. The van der Waals surface area contributed by atoms with Crippen molar-refractivity contribution < 1.29 is 9.32 Å². The maximum absolute atomic E-state index is 12.2. The molecule has 0 saturated carbocycles. The van der Waals surface area contributed by atoms with Crippen LogP contribution in [0.5, 0.6) is 0 Å². The summed E-state index contributed by atoms with van der Waals surface area (Å²) >= 11 is 1.60. The quantitative estimate of drug-likeness (QED) is 0.665. The first-order valence-corrected chi connectivity index (χ1v) is 8.95. The fraction of sp³-hybridized carbons (Fsp3) is 0.211. The van der Waals surface area contributed by atoms with E-state index in [1.807, 2.05) is 57.2 Å². The lowest BCUT2D eigenvalue weighted by Crippen LogP contribution is -2.19. The Morgan fingerprint density at radius 3 is 2.50 bits per heavy atom. The number of carbonyl (C=O) groups excluding carboxylic acids is 1. The van der Waals surface area contributed by atoms with Crippen LogP contribution >= 0.6 is 11.8 Å². The number of anilines is 2. The van der Waals surface area contributed by atoms with Crippen LogP contribution in [-0.4, -0.2) is 16.2 Å². The summed E-state index contributed by atoms with van der Waals surface area (Å²) in [6.45, 7) is 6.09. The zero-order valence-corrected chi connectivity index (χ0v) is 15.6. The Labute approximate surface area is 156 Å². The zero-order chi connectivity index (χ0) is 18.6. The van der Waals surface area contributed by atoms with Gasteiger partial charge in [-0.3, -0.25) is 10.3 Å². The number of carbonyl (C=O) groups is 1. The van der Waals surface area contributed by atoms with Gasteiger partial charge >= 0.3 is 6.03 Å². The van der Waals surface area contributed by atoms with Crippen LogP contribution in [0, 0.1) is 0 Å². The normalized spacial score (nSPS) is 11.2. The molecule has 134 valence electrons. The van der Waals surface area contributed by atoms with E-state index in [0.29, 0.717) is 11.6 Å². The Kier molecular flexibility index (Phi) is 5.27. The van der Waals surface area contributed by atoms with E-state index in [9.17, 15) is 4.79 Å². The van der Waals surface area contributed by atoms with Gasteiger partial charge in [0, 0.05) is 39.4 Å². The molecule has 0 saturated heterocycles. The Bertz CT molecular complexity index is 888. The molecule has 1 aromatic carbocycles. The molecule has 0 fully saturated rings. The van der Waals surface area contributed by atoms with E-state index in [0.717, 1.165) is 15.5 Å². The lowest BCUT2D eigenvalue weighted by Gasteiger charge is -2.12. The SMILES string of the molecule is CC(C)(C)c1cc(NC(=O)Nc2cccc(Sc3ccncc3)c2)on1. The van der Waals surface area contributed by atoms with E-state index in [1.54, 1.807) is 30.2 Å². The van der Waals surface area contributed by atoms with E-state index in [4.69, 9.17) is 4.52 Å². The van der Waals surface area contributed by atoms with E-state index < -0.39 is 0 Å². The first kappa shape index (κ1) is 18.0. The molecule has 0 aliphatic rings. The number of rotatable bonds is 4. The fourth-order valence-electron chi connectivity index (χ4n) is 2.14. The summed E-state index contributed by atoms with van der Waals surface area (Å²) < 4.78 is 5.17. The van der Waals surface area contributed by atoms with Crippen molar-refractivity contribution >= 4 is 29.4 Å². The maximum atomic E-state index is 12.2. The standard InChI is InChI=1S/C19H20N4O2S/c1-19(2,3)16-12-17(25-23-16)22-18(24)21-13-5-4-6-15(11-13)26-14-7-9-20-10-8-14/h4-12H,1-3H3,(H2,21,22,24). The second-order valence-corrected chi connectivity index (χ2v) is 7.87. The second-order valence-electron chi connectivity index (χ2n) is 6.72. The largest absolute Gasteiger partial charge is 0.338 e. The summed E-state index contributed by atoms with van der Waals surface area (Å²) in [4.78, 5) is 18.3. The van der Waals surface area contributed by atoms with Crippen LogP contribution in [0.1, 0.15) is 26.5 Å². The Morgan fingerprint density at radius 1 is 1.04 bits per heavy atom. The molecule has 0 spiro atoms. The molecule has 0 aliphatic heterocycles. The number of hydrogen-bond donors (Lipinski definition) is 2. The number of aromatic nitrogens is 2. The van der Waals surface area contributed by atoms with Crippen LogP contribution in [0.2, 0.25) is 0 Å². The van der Waals surface area contributed by atoms with Crippen molar-refractivity contribution in [1.29, 1.82) is 0 Å². The van der Waals surface area contributed by atoms with E-state index >= 15 is 0 Å². The number of amides is 2. The average molecular weight is 368 g/mol. The Hall–Kier alpha value is -2.80. The third-order valence-corrected chi connectivity index (χ3v) is 4.49. The van der Waals surface area contributed by atoms with Crippen LogP contribution in [-0.2, 0) is 5.41 Å². The van der Waals surface area contributed by atoms with Gasteiger partial charge in [0.05, 0.1) is 5.69 Å². The molecule has 0 unspecified atom stereocenters. The van der Waals surface area contributed by atoms with Gasteiger partial charge in [-0.25, -0.2) is 4.79 Å². The van der Waals surface area contributed by atoms with E-state index in [1.165, 1.54) is 0 Å². The third kappa shape index (κ3) is 4.86. The maximum Gasteiger partial charge on any atom is 0.326 e. The number of hydrogen-bond acceptors (Lipinski definition) is 5. The summed E-state index contributed by atoms with van der Waals surface area (Å²) in [6.07, 6.45) is 3.50. The van der Waals surface area contributed by atoms with E-state index in [2.05, 4.69) is 20.8 Å². The molecule has 0 bridgehead atoms. The summed E-state index contributed by atoms with van der Waals surface area (Å²) in [6, 6.07) is 12.8. The third-order valence-electron chi connectivity index (χ3n) is 3.49. The Balaban J connectivity index is 1.62. The molecule has 3 rings (SSSR count). The minimum absolute atomic E-state index is 0.140. The van der Waals surface area contributed by atoms with Crippen molar-refractivity contribution in [1.82, 2.24) is 10.1 Å². The highest BCUT2D eigenvalue weighted by molar-refractivity contribution is 7.99. The zero-order valence-electron chi connectivity index (χ0n) is 14.8. The highest BCUT2D eigenvalue weighted by Gasteiger charge is 2.19. The van der Waals surface area contributed by atoms with Gasteiger partial charge in [-0.1, -0.05) is 43.8 Å². The highest BCUT2D eigenvalue weighted by atomic mass is 32.2. The molecule has 2 heterocycles. The number of benzene rings is 1. The predicted octanol–water partition coefficient (Wildman–Crippen LogP) is 5.16. The number of nitrogens with one attached hydrogen (secondary N) is 2. The van der Waals surface area contributed by atoms with Crippen molar-refractivity contribution in [2.24, 2.45) is 0 Å². The number of urea groups is 1. The number of nitrogens with zero attached hydrogens (tertiary/aromatic N) is 2. The van der Waals surface area contributed by atoms with Crippen molar-refractivity contribution in [3.05, 3.63) is 60.6 Å². The molecule has 6 nitrogen and oxygen atoms in total. The highest BCUT2D eigenvalue weighted by Crippen LogP contribution is 2.29. The van der Waals surface area contributed by atoms with Gasteiger partial charge < -0.3 is 9.84 Å². The van der Waals surface area contributed by atoms with Gasteiger partial charge in [-0.2, -0.15) is 0 Å². The molecule has 26 heavy (non-hydrogen) atoms. The van der Waals surface area contributed by atoms with Crippen LogP contribution in [0.4, 0.5) is 16.4 Å². The number of pyridine rings is 1. The molecular formula is C19H20N4O2S. The predicted molar refractivity (Wildman–Crippen MR) is 103 cm³/mol. The summed E-state index contributed by atoms with van der Waals surface area (Å²) in [5, 5.41) is 9.44. The van der Waals surface area contributed by atoms with Crippen LogP contribution < -0.4 is 10.6 Å². The van der Waals surface area contributed by atoms with E-state index in [-0.39, 0.29) is 11.4 Å². The van der Waals surface area contributed by atoms with Gasteiger partial charge in [0.2, 0.25) is 5.88 Å². The van der Waals surface area contributed by atoms with Crippen LogP contribution in [0.25, 0.3) is 0 Å². The molecule has 0 atom stereocenters. The lowest BCUT2D eigenvalue weighted by molar-refractivity contribution is 0.261. The van der Waals surface area contributed by atoms with Crippen LogP contribution in [0.3, 0.4) is 0 Å². The summed E-state index contributed by atoms with van der Waals surface area (Å²) in [7, 11) is 0. The van der Waals surface area contributed by atoms with Crippen molar-refractivity contribution in [3.63, 3.8) is 0 Å². The minimum Gasteiger partial charge on any atom is -0.338 e. The van der Waals surface area contributed by atoms with Gasteiger partial charge in [0.1, 0.15) is 0 Å². The summed E-state index contributed by atoms with van der Waals surface area (Å²) in [5.41, 5.74) is 1.33. The monoisotopic (exact) mass is 368 g/mol. The van der Waals surface area contributed by atoms with Crippen molar-refractivity contribution in [3.8, 4) is 0 Å². The first-order chi connectivity index (χ1) is 12.4. The molecule has 2 amide bonds. The molecule has 0 aliphatic carbocycles. The van der Waals surface area contributed by atoms with Gasteiger partial charge in [-0.15, -0.1) is 0 Å². The first-order valence-electron chi connectivity index (χ1n) is 8.13. The van der Waals surface area contributed by atoms with Gasteiger partial charge in [0.25, 0.3) is 0 Å². The van der Waals surface area contributed by atoms with Crippen molar-refractivity contribution in [2.75, 3.05) is 10.6 Å². The smallest absolute Gasteiger partial charge is 0.326 e. The van der Waals surface area contributed by atoms with Crippen molar-refractivity contribution in [2.45, 2.75) is 36.0 Å².